The van der Waals surface area contributed by atoms with Gasteiger partial charge in [-0.05, 0) is 53.7 Å². The van der Waals surface area contributed by atoms with Crippen LogP contribution in [0.3, 0.4) is 0 Å². The zero-order valence-electron chi connectivity index (χ0n) is 18.6. The molecule has 2 atom stereocenters. The van der Waals surface area contributed by atoms with Crippen molar-refractivity contribution >= 4 is 11.8 Å². The molecule has 1 N–H and O–H groups in total. The smallest absolute Gasteiger partial charge is 0.352 e. The zero-order valence-corrected chi connectivity index (χ0v) is 18.6. The van der Waals surface area contributed by atoms with Crippen molar-refractivity contribution in [2.24, 2.45) is 0 Å². The van der Waals surface area contributed by atoms with Gasteiger partial charge in [0.15, 0.2) is 0 Å². The molecule has 0 unspecified atom stereocenters. The van der Waals surface area contributed by atoms with Crippen LogP contribution in [-0.2, 0) is 9.59 Å². The number of aromatic nitrogens is 4. The number of carbonyl (C=O) groups excluding carboxylic acids is 2. The number of amides is 2. The summed E-state index contributed by atoms with van der Waals surface area (Å²) in [5, 5.41) is 11.0. The quantitative estimate of drug-likeness (QED) is 0.681. The molecule has 2 aromatic heterocycles. The molecular formula is C20H29F3N6O2. The van der Waals surface area contributed by atoms with Crippen LogP contribution in [0.1, 0.15) is 48.7 Å². The SMILES string of the molecule is Cc1cc(C)n([C@H](C)C(=O)NCCN(CC(F)(F)F)C(=O)[C@@H](C)n2nc(C)cc2C)n1. The lowest BCUT2D eigenvalue weighted by atomic mass is 10.2. The highest BCUT2D eigenvalue weighted by atomic mass is 19.4. The third-order valence-electron chi connectivity index (χ3n) is 4.92. The molecule has 2 amide bonds. The van der Waals surface area contributed by atoms with E-state index >= 15 is 0 Å². The third-order valence-corrected chi connectivity index (χ3v) is 4.92. The molecule has 0 aliphatic heterocycles. The van der Waals surface area contributed by atoms with Crippen molar-refractivity contribution in [3.05, 3.63) is 34.9 Å². The van der Waals surface area contributed by atoms with Crippen LogP contribution < -0.4 is 5.32 Å². The molecule has 0 radical (unpaired) electrons. The van der Waals surface area contributed by atoms with Gasteiger partial charge < -0.3 is 10.2 Å². The normalized spacial score (nSPS) is 13.7. The molecule has 0 aliphatic carbocycles. The van der Waals surface area contributed by atoms with Gasteiger partial charge in [-0.25, -0.2) is 0 Å². The van der Waals surface area contributed by atoms with Crippen molar-refractivity contribution in [3.63, 3.8) is 0 Å². The monoisotopic (exact) mass is 442 g/mol. The highest BCUT2D eigenvalue weighted by Crippen LogP contribution is 2.20. The molecule has 0 aromatic carbocycles. The second kappa shape index (κ2) is 9.52. The van der Waals surface area contributed by atoms with E-state index in [1.54, 1.807) is 38.4 Å². The van der Waals surface area contributed by atoms with Crippen LogP contribution in [0.25, 0.3) is 0 Å². The maximum atomic E-state index is 13.1. The molecule has 0 saturated heterocycles. The molecule has 2 rings (SSSR count). The topological polar surface area (TPSA) is 85.0 Å². The first-order valence-electron chi connectivity index (χ1n) is 9.99. The van der Waals surface area contributed by atoms with E-state index in [1.165, 1.54) is 11.6 Å². The number of hydrogen-bond acceptors (Lipinski definition) is 4. The first-order valence-corrected chi connectivity index (χ1v) is 9.99. The van der Waals surface area contributed by atoms with E-state index in [2.05, 4.69) is 15.5 Å². The van der Waals surface area contributed by atoms with Gasteiger partial charge >= 0.3 is 6.18 Å². The number of nitrogens with zero attached hydrogens (tertiary/aromatic N) is 5. The highest BCUT2D eigenvalue weighted by molar-refractivity contribution is 5.81. The van der Waals surface area contributed by atoms with Crippen molar-refractivity contribution < 1.29 is 22.8 Å². The van der Waals surface area contributed by atoms with E-state index in [-0.39, 0.29) is 13.1 Å². The number of rotatable bonds is 8. The second-order valence-corrected chi connectivity index (χ2v) is 7.76. The second-order valence-electron chi connectivity index (χ2n) is 7.76. The lowest BCUT2D eigenvalue weighted by molar-refractivity contribution is -0.163. The van der Waals surface area contributed by atoms with Crippen LogP contribution in [0.15, 0.2) is 12.1 Å². The summed E-state index contributed by atoms with van der Waals surface area (Å²) in [5.74, 6) is -1.11. The Morgan fingerprint density at radius 2 is 1.48 bits per heavy atom. The number of hydrogen-bond donors (Lipinski definition) is 1. The minimum absolute atomic E-state index is 0.117. The van der Waals surface area contributed by atoms with Crippen molar-refractivity contribution in [1.82, 2.24) is 29.8 Å². The van der Waals surface area contributed by atoms with Gasteiger partial charge in [-0.3, -0.25) is 19.0 Å². The predicted octanol–water partition coefficient (Wildman–Crippen LogP) is 2.64. The molecule has 31 heavy (non-hydrogen) atoms. The fourth-order valence-electron chi connectivity index (χ4n) is 3.50. The van der Waals surface area contributed by atoms with Crippen LogP contribution in [0, 0.1) is 27.7 Å². The number of carbonyl (C=O) groups is 2. The Labute approximate surface area is 179 Å². The first kappa shape index (κ1) is 24.4. The van der Waals surface area contributed by atoms with Gasteiger partial charge in [0.25, 0.3) is 0 Å². The van der Waals surface area contributed by atoms with Crippen molar-refractivity contribution in [2.75, 3.05) is 19.6 Å². The van der Waals surface area contributed by atoms with Crippen LogP contribution in [0.5, 0.6) is 0 Å². The van der Waals surface area contributed by atoms with Gasteiger partial charge in [0.05, 0.1) is 11.4 Å². The molecule has 0 fully saturated rings. The lowest BCUT2D eigenvalue weighted by Gasteiger charge is -2.27. The third kappa shape index (κ3) is 6.31. The largest absolute Gasteiger partial charge is 0.406 e. The highest BCUT2D eigenvalue weighted by Gasteiger charge is 2.35. The van der Waals surface area contributed by atoms with E-state index in [0.29, 0.717) is 16.3 Å². The standard InChI is InChI=1S/C20H29F3N6O2/c1-12-9-14(3)28(25-12)16(5)18(30)24-7-8-27(11-20(21,22)23)19(31)17(6)29-15(4)10-13(2)26-29/h9-10,16-17H,7-8,11H2,1-6H3,(H,24,30)/t16-,17-/m1/s1. The number of aryl methyl sites for hydroxylation is 4. The van der Waals surface area contributed by atoms with E-state index < -0.39 is 36.6 Å². The van der Waals surface area contributed by atoms with Gasteiger partial charge in [-0.15, -0.1) is 0 Å². The zero-order chi connectivity index (χ0) is 23.5. The summed E-state index contributed by atoms with van der Waals surface area (Å²) in [4.78, 5) is 25.9. The van der Waals surface area contributed by atoms with E-state index in [4.69, 9.17) is 0 Å². The van der Waals surface area contributed by atoms with Crippen LogP contribution in [-0.4, -0.2) is 62.1 Å². The molecule has 0 saturated carbocycles. The van der Waals surface area contributed by atoms with Crippen molar-refractivity contribution in [1.29, 1.82) is 0 Å². The van der Waals surface area contributed by atoms with E-state index in [1.807, 2.05) is 13.0 Å². The van der Waals surface area contributed by atoms with Crippen LogP contribution >= 0.6 is 0 Å². The van der Waals surface area contributed by atoms with Crippen molar-refractivity contribution in [3.8, 4) is 0 Å². The predicted molar refractivity (Wildman–Crippen MR) is 108 cm³/mol. The van der Waals surface area contributed by atoms with E-state index in [9.17, 15) is 22.8 Å². The average molecular weight is 442 g/mol. The molecule has 0 bridgehead atoms. The molecule has 172 valence electrons. The molecule has 0 spiro atoms. The fourth-order valence-corrected chi connectivity index (χ4v) is 3.50. The van der Waals surface area contributed by atoms with Gasteiger partial charge in [0.2, 0.25) is 11.8 Å². The number of nitrogens with one attached hydrogen (secondary N) is 1. The summed E-state index contributed by atoms with van der Waals surface area (Å²) in [7, 11) is 0. The number of halogens is 3. The number of alkyl halides is 3. The summed E-state index contributed by atoms with van der Waals surface area (Å²) in [6, 6.07) is 2.04. The molecule has 2 heterocycles. The average Bonchev–Trinajstić information content (AvgIpc) is 3.17. The Morgan fingerprint density at radius 1 is 1.00 bits per heavy atom. The van der Waals surface area contributed by atoms with Gasteiger partial charge in [-0.2, -0.15) is 23.4 Å². The van der Waals surface area contributed by atoms with Gasteiger partial charge in [-0.1, -0.05) is 0 Å². The maximum Gasteiger partial charge on any atom is 0.406 e. The molecule has 11 heteroatoms. The summed E-state index contributed by atoms with van der Waals surface area (Å²) < 4.78 is 42.2. The Bertz CT molecular complexity index is 934. The summed E-state index contributed by atoms with van der Waals surface area (Å²) in [6.07, 6.45) is -4.56. The first-order chi connectivity index (χ1) is 14.3. The summed E-state index contributed by atoms with van der Waals surface area (Å²) in [5.41, 5.74) is 2.91. The molecular weight excluding hydrogens is 413 g/mol. The van der Waals surface area contributed by atoms with Crippen LogP contribution in [0.2, 0.25) is 0 Å². The van der Waals surface area contributed by atoms with Gasteiger partial charge in [0, 0.05) is 24.5 Å². The van der Waals surface area contributed by atoms with Gasteiger partial charge in [0.1, 0.15) is 18.6 Å². The minimum atomic E-state index is -4.56. The van der Waals surface area contributed by atoms with Crippen LogP contribution in [0.4, 0.5) is 13.2 Å². The molecule has 0 aliphatic rings. The van der Waals surface area contributed by atoms with Crippen molar-refractivity contribution in [2.45, 2.75) is 59.8 Å². The summed E-state index contributed by atoms with van der Waals surface area (Å²) >= 11 is 0. The Balaban J connectivity index is 2.05. The fraction of sp³-hybridized carbons (Fsp3) is 0.600. The Kier molecular flexibility index (Phi) is 7.50. The molecule has 8 nitrogen and oxygen atoms in total. The van der Waals surface area contributed by atoms with E-state index in [0.717, 1.165) is 11.4 Å². The molecule has 2 aromatic rings. The Morgan fingerprint density at radius 3 is 1.90 bits per heavy atom. The minimum Gasteiger partial charge on any atom is -0.352 e. The maximum absolute atomic E-state index is 13.1. The summed E-state index contributed by atoms with van der Waals surface area (Å²) in [6.45, 7) is 8.45. The lowest BCUT2D eigenvalue weighted by Crippen LogP contribution is -2.46. The Hall–Kier alpha value is -2.85.